The summed E-state index contributed by atoms with van der Waals surface area (Å²) in [7, 11) is 0. The fourth-order valence-electron chi connectivity index (χ4n) is 3.24. The van der Waals surface area contributed by atoms with E-state index in [1.807, 2.05) is 0 Å². The Morgan fingerprint density at radius 3 is 2.85 bits per heavy atom. The van der Waals surface area contributed by atoms with Gasteiger partial charge in [0.05, 0.1) is 0 Å². The number of carbonyl (C=O) groups excluding carboxylic acids is 1. The number of carbonyl (C=O) groups is 1. The van der Waals surface area contributed by atoms with E-state index in [4.69, 9.17) is 0 Å². The van der Waals surface area contributed by atoms with Gasteiger partial charge in [-0.1, -0.05) is 31.9 Å². The SMILES string of the molecule is CCCCC/C=C/CC[C@@H]1CCC2=C(CCCC2=O)N1. The van der Waals surface area contributed by atoms with Crippen molar-refractivity contribution in [2.24, 2.45) is 0 Å². The highest BCUT2D eigenvalue weighted by Gasteiger charge is 2.26. The average Bonchev–Trinajstić information content (AvgIpc) is 2.46. The van der Waals surface area contributed by atoms with Crippen LogP contribution in [0.2, 0.25) is 0 Å². The van der Waals surface area contributed by atoms with Crippen molar-refractivity contribution in [3.63, 3.8) is 0 Å². The van der Waals surface area contributed by atoms with Crippen molar-refractivity contribution in [2.45, 2.75) is 83.6 Å². The topological polar surface area (TPSA) is 29.1 Å². The quantitative estimate of drug-likeness (QED) is 0.540. The second-order valence-electron chi connectivity index (χ2n) is 6.16. The summed E-state index contributed by atoms with van der Waals surface area (Å²) in [6.45, 7) is 2.25. The predicted molar refractivity (Wildman–Crippen MR) is 84.6 cm³/mol. The molecule has 2 rings (SSSR count). The highest BCUT2D eigenvalue weighted by Crippen LogP contribution is 2.29. The lowest BCUT2D eigenvalue weighted by molar-refractivity contribution is -0.116. The summed E-state index contributed by atoms with van der Waals surface area (Å²) in [4.78, 5) is 11.8. The summed E-state index contributed by atoms with van der Waals surface area (Å²) >= 11 is 0. The molecule has 0 aromatic rings. The average molecular weight is 275 g/mol. The maximum Gasteiger partial charge on any atom is 0.160 e. The van der Waals surface area contributed by atoms with Crippen LogP contribution in [0.3, 0.4) is 0 Å². The molecule has 2 nitrogen and oxygen atoms in total. The van der Waals surface area contributed by atoms with Gasteiger partial charge in [0.15, 0.2) is 5.78 Å². The van der Waals surface area contributed by atoms with Crippen molar-refractivity contribution in [1.82, 2.24) is 5.32 Å². The Bertz CT molecular complexity index is 381. The van der Waals surface area contributed by atoms with Crippen LogP contribution in [-0.4, -0.2) is 11.8 Å². The van der Waals surface area contributed by atoms with Gasteiger partial charge in [0.1, 0.15) is 0 Å². The third-order valence-electron chi connectivity index (χ3n) is 4.48. The second kappa shape index (κ2) is 8.28. The standard InChI is InChI=1S/C18H29NO/c1-2-3-4-5-6-7-8-10-15-13-14-16-17(19-15)11-9-12-18(16)20/h6-7,15,19H,2-5,8-14H2,1H3/b7-6+/t15-/m1/s1. The van der Waals surface area contributed by atoms with E-state index >= 15 is 0 Å². The van der Waals surface area contributed by atoms with Crippen LogP contribution in [-0.2, 0) is 4.79 Å². The number of Topliss-reactive ketones (excluding diaryl/α,β-unsaturated/α-hetero) is 1. The lowest BCUT2D eigenvalue weighted by Crippen LogP contribution is -2.36. The number of hydrogen-bond donors (Lipinski definition) is 1. The van der Waals surface area contributed by atoms with Crippen LogP contribution in [0.15, 0.2) is 23.4 Å². The van der Waals surface area contributed by atoms with E-state index in [-0.39, 0.29) is 0 Å². The smallest absolute Gasteiger partial charge is 0.160 e. The molecule has 0 saturated heterocycles. The minimum absolute atomic E-state index is 0.396. The Morgan fingerprint density at radius 1 is 1.15 bits per heavy atom. The summed E-state index contributed by atoms with van der Waals surface area (Å²) in [5.41, 5.74) is 2.38. The predicted octanol–water partition coefficient (Wildman–Crippen LogP) is 4.66. The van der Waals surface area contributed by atoms with Gasteiger partial charge in [0.2, 0.25) is 0 Å². The molecule has 1 N–H and O–H groups in total. The largest absolute Gasteiger partial charge is 0.385 e. The van der Waals surface area contributed by atoms with Gasteiger partial charge in [-0.05, 0) is 51.4 Å². The van der Waals surface area contributed by atoms with E-state index in [0.29, 0.717) is 11.8 Å². The molecule has 0 aromatic carbocycles. The zero-order valence-electron chi connectivity index (χ0n) is 12.9. The van der Waals surface area contributed by atoms with Gasteiger partial charge in [-0.25, -0.2) is 0 Å². The molecule has 2 heteroatoms. The fourth-order valence-corrected chi connectivity index (χ4v) is 3.24. The van der Waals surface area contributed by atoms with Crippen molar-refractivity contribution in [3.05, 3.63) is 23.4 Å². The summed E-state index contributed by atoms with van der Waals surface area (Å²) in [6, 6.07) is 0.583. The number of nitrogens with one attached hydrogen (secondary N) is 1. The van der Waals surface area contributed by atoms with Gasteiger partial charge < -0.3 is 5.32 Å². The minimum atomic E-state index is 0.396. The Morgan fingerprint density at radius 2 is 2.00 bits per heavy atom. The molecule has 0 fully saturated rings. The summed E-state index contributed by atoms with van der Waals surface area (Å²) in [5.74, 6) is 0.396. The van der Waals surface area contributed by atoms with E-state index in [1.54, 1.807) is 0 Å². The molecule has 0 spiro atoms. The summed E-state index contributed by atoms with van der Waals surface area (Å²) < 4.78 is 0. The molecule has 0 bridgehead atoms. The van der Waals surface area contributed by atoms with Crippen LogP contribution < -0.4 is 5.32 Å². The lowest BCUT2D eigenvalue weighted by atomic mass is 9.86. The van der Waals surface area contributed by atoms with Gasteiger partial charge in [-0.3, -0.25) is 4.79 Å². The van der Waals surface area contributed by atoms with Gasteiger partial charge >= 0.3 is 0 Å². The number of hydrogen-bond acceptors (Lipinski definition) is 2. The molecule has 0 unspecified atom stereocenters. The van der Waals surface area contributed by atoms with Crippen molar-refractivity contribution in [2.75, 3.05) is 0 Å². The zero-order chi connectivity index (χ0) is 14.2. The molecule has 1 aliphatic heterocycles. The molecule has 2 aliphatic rings. The molecule has 112 valence electrons. The molecule has 0 aromatic heterocycles. The number of unbranched alkanes of at least 4 members (excludes halogenated alkanes) is 3. The molecule has 1 atom stereocenters. The first-order chi connectivity index (χ1) is 9.81. The van der Waals surface area contributed by atoms with Gasteiger partial charge in [0.25, 0.3) is 0 Å². The van der Waals surface area contributed by atoms with E-state index in [1.165, 1.54) is 44.2 Å². The van der Waals surface area contributed by atoms with E-state index in [0.717, 1.165) is 37.7 Å². The Hall–Kier alpha value is -1.05. The summed E-state index contributed by atoms with van der Waals surface area (Å²) in [5, 5.41) is 3.62. The monoisotopic (exact) mass is 275 g/mol. The molecule has 0 saturated carbocycles. The molecule has 0 amide bonds. The maximum absolute atomic E-state index is 11.8. The highest BCUT2D eigenvalue weighted by molar-refractivity contribution is 5.96. The Kier molecular flexibility index (Phi) is 6.35. The fraction of sp³-hybridized carbons (Fsp3) is 0.722. The van der Waals surface area contributed by atoms with Gasteiger partial charge in [-0.15, -0.1) is 0 Å². The van der Waals surface area contributed by atoms with E-state index in [2.05, 4.69) is 24.4 Å². The number of allylic oxidation sites excluding steroid dienone is 4. The molecule has 20 heavy (non-hydrogen) atoms. The van der Waals surface area contributed by atoms with E-state index < -0.39 is 0 Å². The highest BCUT2D eigenvalue weighted by atomic mass is 16.1. The minimum Gasteiger partial charge on any atom is -0.385 e. The second-order valence-corrected chi connectivity index (χ2v) is 6.16. The van der Waals surface area contributed by atoms with Crippen molar-refractivity contribution in [3.8, 4) is 0 Å². The van der Waals surface area contributed by atoms with E-state index in [9.17, 15) is 4.79 Å². The van der Waals surface area contributed by atoms with Crippen molar-refractivity contribution < 1.29 is 4.79 Å². The van der Waals surface area contributed by atoms with Crippen LogP contribution in [0.1, 0.15) is 77.6 Å². The zero-order valence-corrected chi connectivity index (χ0v) is 12.9. The van der Waals surface area contributed by atoms with Gasteiger partial charge in [0, 0.05) is 23.7 Å². The van der Waals surface area contributed by atoms with Crippen LogP contribution in [0, 0.1) is 0 Å². The number of rotatable bonds is 7. The molecular formula is C18H29NO. The third-order valence-corrected chi connectivity index (χ3v) is 4.48. The normalized spacial score (nSPS) is 23.1. The third kappa shape index (κ3) is 4.50. The first-order valence-corrected chi connectivity index (χ1v) is 8.48. The molecular weight excluding hydrogens is 246 g/mol. The van der Waals surface area contributed by atoms with Gasteiger partial charge in [-0.2, -0.15) is 0 Å². The Balaban J connectivity index is 1.67. The molecule has 0 radical (unpaired) electrons. The first-order valence-electron chi connectivity index (χ1n) is 8.48. The lowest BCUT2D eigenvalue weighted by Gasteiger charge is -2.31. The van der Waals surface area contributed by atoms with Crippen molar-refractivity contribution in [1.29, 1.82) is 0 Å². The molecule has 1 heterocycles. The Labute approximate surface area is 123 Å². The van der Waals surface area contributed by atoms with Crippen LogP contribution in [0.4, 0.5) is 0 Å². The summed E-state index contributed by atoms with van der Waals surface area (Å²) in [6.07, 6.45) is 17.3. The van der Waals surface area contributed by atoms with Crippen LogP contribution in [0.5, 0.6) is 0 Å². The first kappa shape index (κ1) is 15.3. The maximum atomic E-state index is 11.8. The number of ketones is 1. The van der Waals surface area contributed by atoms with Crippen LogP contribution >= 0.6 is 0 Å². The molecule has 1 aliphatic carbocycles. The van der Waals surface area contributed by atoms with Crippen molar-refractivity contribution >= 4 is 5.78 Å². The van der Waals surface area contributed by atoms with Crippen LogP contribution in [0.25, 0.3) is 0 Å².